The molecule has 0 radical (unpaired) electrons. The molecule has 0 aliphatic rings. The minimum Gasteiger partial charge on any atom is -0.358 e. The van der Waals surface area contributed by atoms with Gasteiger partial charge in [0.2, 0.25) is 5.65 Å². The molecule has 0 atom stereocenters. The van der Waals surface area contributed by atoms with Gasteiger partial charge in [-0.1, -0.05) is 12.1 Å². The lowest BCUT2D eigenvalue weighted by atomic mass is 10.3. The molecule has 0 spiro atoms. The van der Waals surface area contributed by atoms with Crippen molar-refractivity contribution in [1.82, 2.24) is 9.38 Å². The summed E-state index contributed by atoms with van der Waals surface area (Å²) in [5.41, 5.74) is 1.01. The second-order valence-electron chi connectivity index (χ2n) is 3.45. The van der Waals surface area contributed by atoms with Crippen molar-refractivity contribution in [2.45, 2.75) is 0 Å². The second kappa shape index (κ2) is 3.67. The average molecular weight is 245 g/mol. The Balaban J connectivity index is 2.38. The Morgan fingerprint density at radius 1 is 1.29 bits per heavy atom. The molecular weight excluding hydrogens is 238 g/mol. The Labute approximate surface area is 100 Å². The van der Waals surface area contributed by atoms with Gasteiger partial charge in [-0.2, -0.15) is 9.38 Å². The number of nitrogens with zero attached hydrogens (tertiary/aromatic N) is 3. The molecule has 3 rings (SSSR count). The molecule has 6 heteroatoms. The molecule has 0 aliphatic carbocycles. The highest BCUT2D eigenvalue weighted by atomic mass is 32.1. The minimum absolute atomic E-state index is 0.0167. The Hall–Kier alpha value is -2.21. The lowest BCUT2D eigenvalue weighted by Gasteiger charge is -1.95. The van der Waals surface area contributed by atoms with E-state index < -0.39 is 4.92 Å². The summed E-state index contributed by atoms with van der Waals surface area (Å²) in [6, 6.07) is 9.00. The number of pyridine rings is 1. The van der Waals surface area contributed by atoms with Crippen molar-refractivity contribution in [2.24, 2.45) is 0 Å². The molecule has 0 amide bonds. The maximum Gasteiger partial charge on any atom is 0.356 e. The van der Waals surface area contributed by atoms with Crippen LogP contribution in [0.1, 0.15) is 0 Å². The standard InChI is InChI=1S/C11H7N3O2S/c15-14(16)11-10(8-4-3-7-17-8)12-9-5-1-2-6-13(9)11/h1-7H. The van der Waals surface area contributed by atoms with Crippen molar-refractivity contribution in [3.8, 4) is 10.6 Å². The molecule has 17 heavy (non-hydrogen) atoms. The first-order valence-electron chi connectivity index (χ1n) is 4.93. The van der Waals surface area contributed by atoms with Gasteiger partial charge in [0, 0.05) is 6.07 Å². The molecule has 0 saturated carbocycles. The van der Waals surface area contributed by atoms with Crippen molar-refractivity contribution < 1.29 is 4.92 Å². The Morgan fingerprint density at radius 3 is 2.88 bits per heavy atom. The van der Waals surface area contributed by atoms with Gasteiger partial charge in [0.1, 0.15) is 0 Å². The highest BCUT2D eigenvalue weighted by Gasteiger charge is 2.23. The number of imidazole rings is 1. The van der Waals surface area contributed by atoms with Gasteiger partial charge in [0.25, 0.3) is 0 Å². The number of fused-ring (bicyclic) bond motifs is 1. The number of rotatable bonds is 2. The monoisotopic (exact) mass is 245 g/mol. The van der Waals surface area contributed by atoms with Crippen LogP contribution in [-0.4, -0.2) is 14.3 Å². The number of hydrogen-bond donors (Lipinski definition) is 0. The molecule has 3 aromatic heterocycles. The average Bonchev–Trinajstić information content (AvgIpc) is 2.95. The molecule has 0 saturated heterocycles. The fourth-order valence-corrected chi connectivity index (χ4v) is 2.45. The van der Waals surface area contributed by atoms with Gasteiger partial charge in [-0.15, -0.1) is 11.3 Å². The highest BCUT2D eigenvalue weighted by Crippen LogP contribution is 2.32. The van der Waals surface area contributed by atoms with E-state index in [-0.39, 0.29) is 5.82 Å². The van der Waals surface area contributed by atoms with Crippen LogP contribution in [0.15, 0.2) is 41.9 Å². The van der Waals surface area contributed by atoms with Crippen LogP contribution in [0, 0.1) is 10.1 Å². The van der Waals surface area contributed by atoms with Crippen LogP contribution in [0.25, 0.3) is 16.2 Å². The predicted molar refractivity (Wildman–Crippen MR) is 65.2 cm³/mol. The summed E-state index contributed by atoms with van der Waals surface area (Å²) in [5.74, 6) is 0.0167. The van der Waals surface area contributed by atoms with Gasteiger partial charge < -0.3 is 10.1 Å². The summed E-state index contributed by atoms with van der Waals surface area (Å²) in [6.45, 7) is 0. The molecule has 3 aromatic rings. The van der Waals surface area contributed by atoms with Crippen LogP contribution in [0.4, 0.5) is 5.82 Å². The van der Waals surface area contributed by atoms with E-state index in [9.17, 15) is 10.1 Å². The third-order valence-corrected chi connectivity index (χ3v) is 3.31. The van der Waals surface area contributed by atoms with Crippen molar-refractivity contribution >= 4 is 22.8 Å². The van der Waals surface area contributed by atoms with Crippen LogP contribution in [0.5, 0.6) is 0 Å². The van der Waals surface area contributed by atoms with E-state index >= 15 is 0 Å². The van der Waals surface area contributed by atoms with Gasteiger partial charge in [-0.25, -0.2) is 0 Å². The molecule has 0 aromatic carbocycles. The molecule has 84 valence electrons. The Kier molecular flexibility index (Phi) is 2.15. The number of aromatic nitrogens is 2. The minimum atomic E-state index is -0.394. The summed E-state index contributed by atoms with van der Waals surface area (Å²) in [6.07, 6.45) is 1.65. The van der Waals surface area contributed by atoms with E-state index in [2.05, 4.69) is 4.98 Å². The van der Waals surface area contributed by atoms with Crippen LogP contribution >= 0.6 is 11.3 Å². The van der Waals surface area contributed by atoms with Gasteiger partial charge in [-0.05, 0) is 22.4 Å². The first-order valence-corrected chi connectivity index (χ1v) is 5.80. The third kappa shape index (κ3) is 1.50. The first kappa shape index (κ1) is 9.98. The topological polar surface area (TPSA) is 60.4 Å². The van der Waals surface area contributed by atoms with Gasteiger partial charge in [0.05, 0.1) is 11.1 Å². The fraction of sp³-hybridized carbons (Fsp3) is 0. The van der Waals surface area contributed by atoms with Crippen LogP contribution in [0.3, 0.4) is 0 Å². The summed E-state index contributed by atoms with van der Waals surface area (Å²) in [4.78, 5) is 15.9. The quantitative estimate of drug-likeness (QED) is 0.515. The van der Waals surface area contributed by atoms with Crippen molar-refractivity contribution in [3.63, 3.8) is 0 Å². The molecule has 3 heterocycles. The van der Waals surface area contributed by atoms with Gasteiger partial charge in [0.15, 0.2) is 5.69 Å². The maximum absolute atomic E-state index is 11.1. The Morgan fingerprint density at radius 2 is 2.18 bits per heavy atom. The lowest BCUT2D eigenvalue weighted by Crippen LogP contribution is -1.94. The van der Waals surface area contributed by atoms with E-state index in [1.54, 1.807) is 18.3 Å². The normalized spacial score (nSPS) is 10.8. The summed E-state index contributed by atoms with van der Waals surface area (Å²) >= 11 is 1.44. The number of thiophene rings is 1. The van der Waals surface area contributed by atoms with E-state index in [1.807, 2.05) is 23.6 Å². The molecule has 0 unspecified atom stereocenters. The zero-order chi connectivity index (χ0) is 11.8. The van der Waals surface area contributed by atoms with E-state index in [4.69, 9.17) is 0 Å². The molecule has 0 N–H and O–H groups in total. The molecule has 0 aliphatic heterocycles. The third-order valence-electron chi connectivity index (χ3n) is 2.43. The van der Waals surface area contributed by atoms with Crippen LogP contribution in [0.2, 0.25) is 0 Å². The van der Waals surface area contributed by atoms with E-state index in [0.29, 0.717) is 11.3 Å². The van der Waals surface area contributed by atoms with E-state index in [0.717, 1.165) is 4.88 Å². The summed E-state index contributed by atoms with van der Waals surface area (Å²) < 4.78 is 1.50. The zero-order valence-corrected chi connectivity index (χ0v) is 9.42. The van der Waals surface area contributed by atoms with Crippen molar-refractivity contribution in [2.75, 3.05) is 0 Å². The number of hydrogen-bond acceptors (Lipinski definition) is 4. The van der Waals surface area contributed by atoms with Crippen molar-refractivity contribution in [1.29, 1.82) is 0 Å². The van der Waals surface area contributed by atoms with Crippen LogP contribution < -0.4 is 0 Å². The summed E-state index contributed by atoms with van der Waals surface area (Å²) in [5, 5.41) is 13.0. The largest absolute Gasteiger partial charge is 0.358 e. The van der Waals surface area contributed by atoms with E-state index in [1.165, 1.54) is 15.7 Å². The second-order valence-corrected chi connectivity index (χ2v) is 4.39. The zero-order valence-electron chi connectivity index (χ0n) is 8.61. The molecule has 5 nitrogen and oxygen atoms in total. The maximum atomic E-state index is 11.1. The fourth-order valence-electron chi connectivity index (χ4n) is 1.74. The highest BCUT2D eigenvalue weighted by molar-refractivity contribution is 7.13. The smallest absolute Gasteiger partial charge is 0.356 e. The first-order chi connectivity index (χ1) is 8.27. The lowest BCUT2D eigenvalue weighted by molar-refractivity contribution is -0.389. The van der Waals surface area contributed by atoms with Crippen molar-refractivity contribution in [3.05, 3.63) is 52.0 Å². The summed E-state index contributed by atoms with van der Waals surface area (Å²) in [7, 11) is 0. The predicted octanol–water partition coefficient (Wildman–Crippen LogP) is 2.97. The molecule has 0 bridgehead atoms. The van der Waals surface area contributed by atoms with Gasteiger partial charge in [-0.3, -0.25) is 0 Å². The SMILES string of the molecule is O=[N+]([O-])c1c(-c2cccs2)nc2ccccn12. The molecular formula is C11H7N3O2S. The molecule has 0 fully saturated rings. The van der Waals surface area contributed by atoms with Crippen LogP contribution in [-0.2, 0) is 0 Å². The van der Waals surface area contributed by atoms with Gasteiger partial charge >= 0.3 is 5.82 Å². The number of nitro groups is 1. The Bertz CT molecular complexity index is 688.